The first kappa shape index (κ1) is 26.8. The van der Waals surface area contributed by atoms with Crippen LogP contribution in [0, 0.1) is 5.92 Å². The number of nitrogen functional groups attached to an aromatic ring is 1. The number of ether oxygens (including phenoxy) is 2. The maximum atomic E-state index is 12.7. The third-order valence-corrected chi connectivity index (χ3v) is 5.67. The van der Waals surface area contributed by atoms with Crippen molar-refractivity contribution >= 4 is 45.0 Å². The molecule has 188 valence electrons. The van der Waals surface area contributed by atoms with Gasteiger partial charge in [-0.1, -0.05) is 53.2 Å². The van der Waals surface area contributed by atoms with Crippen LogP contribution in [0.4, 0.5) is 21.9 Å². The quantitative estimate of drug-likeness (QED) is 0.193. The molecule has 0 heterocycles. The first-order chi connectivity index (χ1) is 17.4. The minimum Gasteiger partial charge on any atom is -0.491 e. The van der Waals surface area contributed by atoms with Crippen molar-refractivity contribution < 1.29 is 24.2 Å². The standard InChI is InChI=1S/C27H28BrN3O5/c1-18(6-15-25(33)31-24-5-3-2-4-23(24)29)26(19-7-13-22(14-8-19)35-17-16-32)36-27(34)30-21-11-9-20(28)10-12-21/h2-15,18,26,32H,16-17,29H2,1H3,(H,30,34)(H,31,33)/b15-6+/t18-,26-/m0/s1. The summed E-state index contributed by atoms with van der Waals surface area (Å²) < 4.78 is 12.1. The van der Waals surface area contributed by atoms with E-state index in [1.807, 2.05) is 19.1 Å². The van der Waals surface area contributed by atoms with E-state index in [-0.39, 0.29) is 25.0 Å². The van der Waals surface area contributed by atoms with Gasteiger partial charge in [0.15, 0.2) is 0 Å². The van der Waals surface area contributed by atoms with Crippen molar-refractivity contribution in [1.29, 1.82) is 0 Å². The third-order valence-electron chi connectivity index (χ3n) is 5.14. The molecule has 0 aliphatic rings. The SMILES string of the molecule is C[C@@H](/C=C/C(=O)Nc1ccccc1N)[C@H](OC(=O)Nc1ccc(Br)cc1)c1ccc(OCCO)cc1. The predicted octanol–water partition coefficient (Wildman–Crippen LogP) is 5.52. The van der Waals surface area contributed by atoms with Gasteiger partial charge in [-0.05, 0) is 60.2 Å². The van der Waals surface area contributed by atoms with E-state index in [2.05, 4.69) is 26.6 Å². The summed E-state index contributed by atoms with van der Waals surface area (Å²) in [7, 11) is 0. The zero-order valence-electron chi connectivity index (χ0n) is 19.7. The average Bonchev–Trinajstić information content (AvgIpc) is 2.88. The number of carbonyl (C=O) groups excluding carboxylic acids is 2. The number of aliphatic hydroxyl groups is 1. The number of anilines is 3. The van der Waals surface area contributed by atoms with Crippen molar-refractivity contribution in [2.75, 3.05) is 29.6 Å². The Kier molecular flexibility index (Phi) is 9.91. The van der Waals surface area contributed by atoms with Gasteiger partial charge < -0.3 is 25.6 Å². The van der Waals surface area contributed by atoms with Gasteiger partial charge in [-0.25, -0.2) is 4.79 Å². The number of rotatable bonds is 10. The van der Waals surface area contributed by atoms with Gasteiger partial charge in [0.1, 0.15) is 18.5 Å². The van der Waals surface area contributed by atoms with Crippen LogP contribution in [-0.4, -0.2) is 30.3 Å². The van der Waals surface area contributed by atoms with Gasteiger partial charge >= 0.3 is 6.09 Å². The van der Waals surface area contributed by atoms with Crippen molar-refractivity contribution in [1.82, 2.24) is 0 Å². The monoisotopic (exact) mass is 553 g/mol. The molecule has 0 radical (unpaired) electrons. The summed E-state index contributed by atoms with van der Waals surface area (Å²) in [6.07, 6.45) is 1.73. The lowest BCUT2D eigenvalue weighted by Crippen LogP contribution is -2.21. The molecule has 8 nitrogen and oxygen atoms in total. The predicted molar refractivity (Wildman–Crippen MR) is 144 cm³/mol. The van der Waals surface area contributed by atoms with Crippen LogP contribution in [0.5, 0.6) is 5.75 Å². The normalized spacial score (nSPS) is 12.5. The molecule has 0 saturated carbocycles. The molecule has 0 saturated heterocycles. The van der Waals surface area contributed by atoms with E-state index in [1.54, 1.807) is 66.7 Å². The molecule has 36 heavy (non-hydrogen) atoms. The lowest BCUT2D eigenvalue weighted by molar-refractivity contribution is -0.111. The van der Waals surface area contributed by atoms with Crippen LogP contribution in [-0.2, 0) is 9.53 Å². The Labute approximate surface area is 218 Å². The Hall–Kier alpha value is -3.82. The summed E-state index contributed by atoms with van der Waals surface area (Å²) in [6.45, 7) is 1.92. The minimum atomic E-state index is -0.696. The lowest BCUT2D eigenvalue weighted by atomic mass is 9.96. The Morgan fingerprint density at radius 2 is 1.72 bits per heavy atom. The fourth-order valence-electron chi connectivity index (χ4n) is 3.32. The van der Waals surface area contributed by atoms with E-state index in [1.165, 1.54) is 6.08 Å². The minimum absolute atomic E-state index is 0.0950. The van der Waals surface area contributed by atoms with Gasteiger partial charge in [0.2, 0.25) is 5.91 Å². The molecule has 9 heteroatoms. The van der Waals surface area contributed by atoms with Crippen molar-refractivity contribution in [2.45, 2.75) is 13.0 Å². The average molecular weight is 554 g/mol. The number of nitrogens with two attached hydrogens (primary N) is 1. The maximum Gasteiger partial charge on any atom is 0.412 e. The molecule has 0 unspecified atom stereocenters. The second kappa shape index (κ2) is 13.3. The van der Waals surface area contributed by atoms with E-state index < -0.39 is 12.2 Å². The molecule has 3 aromatic carbocycles. The highest BCUT2D eigenvalue weighted by atomic mass is 79.9. The third kappa shape index (κ3) is 8.14. The van der Waals surface area contributed by atoms with Gasteiger partial charge in [0.25, 0.3) is 0 Å². The summed E-state index contributed by atoms with van der Waals surface area (Å²) in [5, 5.41) is 14.4. The van der Waals surface area contributed by atoms with Crippen LogP contribution in [0.2, 0.25) is 0 Å². The molecule has 5 N–H and O–H groups in total. The number of hydrogen-bond donors (Lipinski definition) is 4. The second-order valence-electron chi connectivity index (χ2n) is 7.89. The molecule has 2 amide bonds. The van der Waals surface area contributed by atoms with Gasteiger partial charge in [0.05, 0.1) is 18.0 Å². The van der Waals surface area contributed by atoms with Gasteiger partial charge in [-0.2, -0.15) is 0 Å². The lowest BCUT2D eigenvalue weighted by Gasteiger charge is -2.23. The number of halogens is 1. The Morgan fingerprint density at radius 3 is 2.39 bits per heavy atom. The van der Waals surface area contributed by atoms with Crippen molar-refractivity contribution in [3.63, 3.8) is 0 Å². The van der Waals surface area contributed by atoms with E-state index in [4.69, 9.17) is 20.3 Å². The van der Waals surface area contributed by atoms with Crippen LogP contribution < -0.4 is 21.1 Å². The molecule has 3 aromatic rings. The first-order valence-electron chi connectivity index (χ1n) is 11.3. The first-order valence-corrected chi connectivity index (χ1v) is 12.1. The molecule has 0 aliphatic carbocycles. The Morgan fingerprint density at radius 1 is 1.03 bits per heavy atom. The number of hydrogen-bond acceptors (Lipinski definition) is 6. The van der Waals surface area contributed by atoms with Crippen molar-refractivity contribution in [2.24, 2.45) is 5.92 Å². The van der Waals surface area contributed by atoms with Crippen LogP contribution in [0.3, 0.4) is 0 Å². The maximum absolute atomic E-state index is 12.7. The van der Waals surface area contributed by atoms with Gasteiger partial charge in [-0.3, -0.25) is 10.1 Å². The number of nitrogens with one attached hydrogen (secondary N) is 2. The van der Waals surface area contributed by atoms with Crippen LogP contribution in [0.25, 0.3) is 0 Å². The molecule has 0 aromatic heterocycles. The van der Waals surface area contributed by atoms with Crippen LogP contribution in [0.1, 0.15) is 18.6 Å². The molecule has 0 spiro atoms. The molecule has 3 rings (SSSR count). The molecule has 0 fully saturated rings. The number of carbonyl (C=O) groups is 2. The summed E-state index contributed by atoms with van der Waals surface area (Å²) in [4.78, 5) is 25.1. The second-order valence-corrected chi connectivity index (χ2v) is 8.81. The van der Waals surface area contributed by atoms with Crippen molar-refractivity contribution in [3.05, 3.63) is 95.0 Å². The van der Waals surface area contributed by atoms with Crippen LogP contribution in [0.15, 0.2) is 89.4 Å². The fraction of sp³-hybridized carbons (Fsp3) is 0.185. The molecule has 0 aliphatic heterocycles. The Bertz CT molecular complexity index is 1180. The highest BCUT2D eigenvalue weighted by Gasteiger charge is 2.23. The number of amides is 2. The highest BCUT2D eigenvalue weighted by Crippen LogP contribution is 2.29. The van der Waals surface area contributed by atoms with Gasteiger partial charge in [0, 0.05) is 16.1 Å². The topological polar surface area (TPSA) is 123 Å². The fourth-order valence-corrected chi connectivity index (χ4v) is 3.58. The van der Waals surface area contributed by atoms with E-state index in [9.17, 15) is 9.59 Å². The molecular weight excluding hydrogens is 526 g/mol. The molecule has 2 atom stereocenters. The molecule has 0 bridgehead atoms. The van der Waals surface area contributed by atoms with Crippen molar-refractivity contribution in [3.8, 4) is 5.75 Å². The summed E-state index contributed by atoms with van der Waals surface area (Å²) in [5.41, 5.74) is 8.15. The molecular formula is C27H28BrN3O5. The largest absolute Gasteiger partial charge is 0.491 e. The number of para-hydroxylation sites is 2. The summed E-state index contributed by atoms with van der Waals surface area (Å²) >= 11 is 3.36. The zero-order chi connectivity index (χ0) is 25.9. The zero-order valence-corrected chi connectivity index (χ0v) is 21.3. The number of benzene rings is 3. The highest BCUT2D eigenvalue weighted by molar-refractivity contribution is 9.10. The van der Waals surface area contributed by atoms with E-state index in [0.717, 1.165) is 4.47 Å². The smallest absolute Gasteiger partial charge is 0.412 e. The summed E-state index contributed by atoms with van der Waals surface area (Å²) in [6, 6.07) is 21.1. The van der Waals surface area contributed by atoms with Crippen LogP contribution >= 0.6 is 15.9 Å². The van der Waals surface area contributed by atoms with E-state index in [0.29, 0.717) is 28.4 Å². The number of aliphatic hydroxyl groups excluding tert-OH is 1. The van der Waals surface area contributed by atoms with E-state index >= 15 is 0 Å². The Balaban J connectivity index is 1.74. The summed E-state index contributed by atoms with van der Waals surface area (Å²) in [5.74, 6) is -0.136. The van der Waals surface area contributed by atoms with Gasteiger partial charge in [-0.15, -0.1) is 0 Å².